The quantitative estimate of drug-likeness (QED) is 0.126. The number of rotatable bonds is 12. The van der Waals surface area contributed by atoms with Crippen molar-refractivity contribution in [2.24, 2.45) is 16.5 Å². The molecule has 0 fully saturated rings. The van der Waals surface area contributed by atoms with Crippen molar-refractivity contribution in [2.75, 3.05) is 6.54 Å². The first kappa shape index (κ1) is 31.3. The Morgan fingerprint density at radius 3 is 2.71 bits per heavy atom. The Morgan fingerprint density at radius 1 is 1.16 bits per heavy atom. The number of carboxylic acid groups (broad SMARTS) is 1. The van der Waals surface area contributed by atoms with Crippen molar-refractivity contribution >= 4 is 23.5 Å². The van der Waals surface area contributed by atoms with Gasteiger partial charge in [0, 0.05) is 41.7 Å². The summed E-state index contributed by atoms with van der Waals surface area (Å²) >= 11 is 6.72. The minimum atomic E-state index is -1.14. The molecule has 12 heteroatoms. The van der Waals surface area contributed by atoms with Crippen LogP contribution in [-0.2, 0) is 24.4 Å². The van der Waals surface area contributed by atoms with Crippen LogP contribution in [0.15, 0.2) is 78.0 Å². The van der Waals surface area contributed by atoms with Crippen LogP contribution in [0.4, 0.5) is 4.39 Å². The van der Waals surface area contributed by atoms with E-state index in [1.54, 1.807) is 36.5 Å². The van der Waals surface area contributed by atoms with Gasteiger partial charge < -0.3 is 26.0 Å². The molecule has 2 atom stereocenters. The standard InChI is InChI=1S/C33H30ClFN6O4/c34-26-11-21(16-40-28(32(42)43)17-41-33(37)38)30(44-18-20-10-19(13-36)14-39-15-20)12-31(26)45-29-9-8-23-22(5-3-6-25(23)29)24-4-1-2-7-27(24)35/h1-7,10-12,14-15,28-29,40H,8-9,16-18H2,(H,42,43)(H4,37,38,41)/t28-,29+/m1/s1. The molecule has 0 radical (unpaired) electrons. The van der Waals surface area contributed by atoms with Crippen LogP contribution >= 0.6 is 11.6 Å². The molecule has 0 saturated heterocycles. The van der Waals surface area contributed by atoms with Gasteiger partial charge in [-0.25, -0.2) is 4.39 Å². The number of hydrogen-bond donors (Lipinski definition) is 4. The van der Waals surface area contributed by atoms with Crippen molar-refractivity contribution in [3.05, 3.63) is 112 Å². The number of halogens is 2. The molecule has 45 heavy (non-hydrogen) atoms. The molecular formula is C33H30ClFN6O4. The summed E-state index contributed by atoms with van der Waals surface area (Å²) in [5, 5.41) is 22.1. The van der Waals surface area contributed by atoms with Gasteiger partial charge in [0.2, 0.25) is 0 Å². The van der Waals surface area contributed by atoms with Crippen molar-refractivity contribution < 1.29 is 23.8 Å². The molecule has 0 spiro atoms. The van der Waals surface area contributed by atoms with Gasteiger partial charge in [-0.05, 0) is 47.7 Å². The van der Waals surface area contributed by atoms with Crippen LogP contribution in [0, 0.1) is 17.1 Å². The minimum absolute atomic E-state index is 0.0566. The Labute approximate surface area is 264 Å². The molecule has 0 amide bonds. The Hall–Kier alpha value is -5.18. The Kier molecular flexibility index (Phi) is 9.77. The fourth-order valence-corrected chi connectivity index (χ4v) is 5.44. The summed E-state index contributed by atoms with van der Waals surface area (Å²) in [6.07, 6.45) is 4.06. The maximum atomic E-state index is 14.7. The predicted octanol–water partition coefficient (Wildman–Crippen LogP) is 4.87. The summed E-state index contributed by atoms with van der Waals surface area (Å²) in [6.45, 7) is -0.0440. The van der Waals surface area contributed by atoms with E-state index in [0.29, 0.717) is 51.6 Å². The van der Waals surface area contributed by atoms with Crippen molar-refractivity contribution in [3.8, 4) is 28.7 Å². The van der Waals surface area contributed by atoms with E-state index in [4.69, 9.17) is 32.5 Å². The van der Waals surface area contributed by atoms with Gasteiger partial charge >= 0.3 is 5.97 Å². The number of nitrogens with zero attached hydrogens (tertiary/aromatic N) is 3. The number of nitrogens with two attached hydrogens (primary N) is 2. The summed E-state index contributed by atoms with van der Waals surface area (Å²) in [6, 6.07) is 18.4. The Morgan fingerprint density at radius 2 is 1.96 bits per heavy atom. The molecule has 6 N–H and O–H groups in total. The maximum absolute atomic E-state index is 14.7. The van der Waals surface area contributed by atoms with E-state index in [-0.39, 0.29) is 37.6 Å². The van der Waals surface area contributed by atoms with E-state index >= 15 is 0 Å². The van der Waals surface area contributed by atoms with Crippen LogP contribution in [0.5, 0.6) is 11.5 Å². The van der Waals surface area contributed by atoms with Gasteiger partial charge in [-0.2, -0.15) is 5.26 Å². The highest BCUT2D eigenvalue weighted by atomic mass is 35.5. The number of carbonyl (C=O) groups is 1. The lowest BCUT2D eigenvalue weighted by Gasteiger charge is -2.20. The number of aliphatic imine (C=N–C) groups is 1. The fraction of sp³-hybridized carbons (Fsp3) is 0.212. The molecule has 1 heterocycles. The number of nitriles is 1. The zero-order valence-electron chi connectivity index (χ0n) is 24.0. The zero-order chi connectivity index (χ0) is 31.9. The molecule has 3 aromatic carbocycles. The Balaban J connectivity index is 1.43. The average molecular weight is 629 g/mol. The molecule has 4 aromatic rings. The van der Waals surface area contributed by atoms with Gasteiger partial charge in [-0.1, -0.05) is 48.0 Å². The third kappa shape index (κ3) is 7.49. The lowest BCUT2D eigenvalue weighted by Crippen LogP contribution is -2.40. The number of aromatic nitrogens is 1. The van der Waals surface area contributed by atoms with Crippen molar-refractivity contribution in [3.63, 3.8) is 0 Å². The summed E-state index contributed by atoms with van der Waals surface area (Å²) in [7, 11) is 0. The molecule has 0 unspecified atom stereocenters. The van der Waals surface area contributed by atoms with Gasteiger partial charge in [-0.15, -0.1) is 0 Å². The summed E-state index contributed by atoms with van der Waals surface area (Å²) in [5.74, 6) is -0.900. The van der Waals surface area contributed by atoms with Crippen LogP contribution < -0.4 is 26.3 Å². The second-order valence-electron chi connectivity index (χ2n) is 10.4. The molecule has 230 valence electrons. The number of pyridine rings is 1. The summed E-state index contributed by atoms with van der Waals surface area (Å²) < 4.78 is 27.3. The number of aliphatic carboxylic acids is 1. The highest BCUT2D eigenvalue weighted by Gasteiger charge is 2.28. The monoisotopic (exact) mass is 628 g/mol. The fourth-order valence-electron chi connectivity index (χ4n) is 5.21. The molecule has 5 rings (SSSR count). The first-order valence-electron chi connectivity index (χ1n) is 14.1. The number of nitrogens with one attached hydrogen (secondary N) is 1. The van der Waals surface area contributed by atoms with Crippen LogP contribution in [0.25, 0.3) is 11.1 Å². The summed E-state index contributed by atoms with van der Waals surface area (Å²) in [5.41, 5.74) is 15.7. The molecule has 1 aromatic heterocycles. The highest BCUT2D eigenvalue weighted by molar-refractivity contribution is 6.32. The van der Waals surface area contributed by atoms with E-state index in [2.05, 4.69) is 21.4 Å². The van der Waals surface area contributed by atoms with Gasteiger partial charge in [0.25, 0.3) is 0 Å². The Bertz CT molecular complexity index is 1790. The van der Waals surface area contributed by atoms with E-state index in [9.17, 15) is 19.6 Å². The van der Waals surface area contributed by atoms with E-state index in [1.165, 1.54) is 12.3 Å². The number of ether oxygens (including phenoxy) is 2. The molecular weight excluding hydrogens is 599 g/mol. The van der Waals surface area contributed by atoms with Crippen molar-refractivity contribution in [2.45, 2.75) is 38.1 Å². The van der Waals surface area contributed by atoms with Gasteiger partial charge in [0.05, 0.1) is 17.1 Å². The second kappa shape index (κ2) is 14.1. The molecule has 0 saturated carbocycles. The lowest BCUT2D eigenvalue weighted by atomic mass is 9.96. The molecule has 10 nitrogen and oxygen atoms in total. The third-order valence-corrected chi connectivity index (χ3v) is 7.67. The largest absolute Gasteiger partial charge is 0.488 e. The number of hydrogen-bond acceptors (Lipinski definition) is 7. The number of fused-ring (bicyclic) bond motifs is 1. The highest BCUT2D eigenvalue weighted by Crippen LogP contribution is 2.43. The van der Waals surface area contributed by atoms with E-state index < -0.39 is 12.0 Å². The average Bonchev–Trinajstić information content (AvgIpc) is 3.44. The van der Waals surface area contributed by atoms with Gasteiger partial charge in [0.15, 0.2) is 5.96 Å². The van der Waals surface area contributed by atoms with E-state index in [1.807, 2.05) is 24.3 Å². The molecule has 1 aliphatic carbocycles. The first-order valence-corrected chi connectivity index (χ1v) is 14.5. The van der Waals surface area contributed by atoms with Gasteiger partial charge in [-0.3, -0.25) is 20.1 Å². The van der Waals surface area contributed by atoms with Crippen molar-refractivity contribution in [1.82, 2.24) is 10.3 Å². The van der Waals surface area contributed by atoms with Crippen LogP contribution in [0.2, 0.25) is 5.02 Å². The van der Waals surface area contributed by atoms with Crippen molar-refractivity contribution in [1.29, 1.82) is 5.26 Å². The third-order valence-electron chi connectivity index (χ3n) is 7.38. The number of benzene rings is 3. The SMILES string of the molecule is N#Cc1cncc(COc2cc(O[C@H]3CCc4c(-c5ccccc5F)cccc43)c(Cl)cc2CN[C@H](CN=C(N)N)C(=O)O)c1. The van der Waals surface area contributed by atoms with Crippen LogP contribution in [-0.4, -0.2) is 34.6 Å². The first-order chi connectivity index (χ1) is 21.7. The maximum Gasteiger partial charge on any atom is 0.322 e. The normalized spacial score (nSPS) is 14.2. The van der Waals surface area contributed by atoms with Crippen LogP contribution in [0.1, 0.15) is 40.3 Å². The summed E-state index contributed by atoms with van der Waals surface area (Å²) in [4.78, 5) is 19.7. The molecule has 1 aliphatic rings. The minimum Gasteiger partial charge on any atom is -0.488 e. The topological polar surface area (TPSA) is 169 Å². The van der Waals surface area contributed by atoms with E-state index in [0.717, 1.165) is 16.7 Å². The smallest absolute Gasteiger partial charge is 0.322 e. The lowest BCUT2D eigenvalue weighted by molar-refractivity contribution is -0.139. The molecule has 0 aliphatic heterocycles. The predicted molar refractivity (Wildman–Crippen MR) is 167 cm³/mol. The van der Waals surface area contributed by atoms with Gasteiger partial charge in [0.1, 0.15) is 42.1 Å². The molecule has 0 bridgehead atoms. The van der Waals surface area contributed by atoms with Crippen LogP contribution in [0.3, 0.4) is 0 Å². The number of guanidine groups is 1. The zero-order valence-corrected chi connectivity index (χ0v) is 24.8. The number of carboxylic acids is 1. The second-order valence-corrected chi connectivity index (χ2v) is 10.8.